The van der Waals surface area contributed by atoms with Crippen molar-refractivity contribution in [2.75, 3.05) is 33.3 Å². The Labute approximate surface area is 129 Å². The molecule has 0 radical (unpaired) electrons. The molecule has 0 bridgehead atoms. The van der Waals surface area contributed by atoms with Gasteiger partial charge in [0.2, 0.25) is 0 Å². The third-order valence-corrected chi connectivity index (χ3v) is 6.36. The summed E-state index contributed by atoms with van der Waals surface area (Å²) in [4.78, 5) is 2.17. The summed E-state index contributed by atoms with van der Waals surface area (Å²) in [6, 6.07) is 1.61. The molecule has 0 unspecified atom stereocenters. The van der Waals surface area contributed by atoms with E-state index in [0.29, 0.717) is 12.3 Å². The molecule has 120 valence electrons. The monoisotopic (exact) mass is 334 g/mol. The fourth-order valence-corrected chi connectivity index (χ4v) is 4.80. The number of nitrogens with one attached hydrogen (secondary N) is 1. The molecule has 8 heteroatoms. The summed E-state index contributed by atoms with van der Waals surface area (Å²) in [5, 5.41) is 11.7. The van der Waals surface area contributed by atoms with E-state index >= 15 is 0 Å². The van der Waals surface area contributed by atoms with Crippen LogP contribution in [0.5, 0.6) is 5.75 Å². The number of rotatable bonds is 7. The molecule has 1 saturated heterocycles. The number of hydrogen-bond donors (Lipinski definition) is 2. The van der Waals surface area contributed by atoms with E-state index in [1.54, 1.807) is 11.4 Å². The topological polar surface area (TPSA) is 78.9 Å². The number of methoxy groups -OCH3 is 1. The second-order valence-electron chi connectivity index (χ2n) is 5.14. The van der Waals surface area contributed by atoms with Gasteiger partial charge in [-0.1, -0.05) is 6.42 Å². The molecule has 0 spiro atoms. The summed E-state index contributed by atoms with van der Waals surface area (Å²) in [5.74, 6) is 0.332. The number of piperidine rings is 1. The Balaban J connectivity index is 1.86. The van der Waals surface area contributed by atoms with Gasteiger partial charge in [0.1, 0.15) is 5.75 Å². The lowest BCUT2D eigenvalue weighted by molar-refractivity contribution is 0.104. The van der Waals surface area contributed by atoms with Gasteiger partial charge in [-0.05, 0) is 37.4 Å². The van der Waals surface area contributed by atoms with Gasteiger partial charge in [0.05, 0.1) is 13.2 Å². The van der Waals surface area contributed by atoms with Crippen molar-refractivity contribution in [3.8, 4) is 5.75 Å². The number of aliphatic hydroxyl groups excluding tert-OH is 1. The van der Waals surface area contributed by atoms with Crippen molar-refractivity contribution in [3.63, 3.8) is 0 Å². The summed E-state index contributed by atoms with van der Waals surface area (Å²) in [6.45, 7) is 2.47. The van der Waals surface area contributed by atoms with Crippen molar-refractivity contribution in [2.45, 2.75) is 29.6 Å². The van der Waals surface area contributed by atoms with Crippen LogP contribution in [0.1, 0.15) is 19.3 Å². The number of hydrogen-bond acceptors (Lipinski definition) is 6. The SMILES string of the molecule is COc1ccsc1S(=O)(=O)NC[C@@H](O)CN1CCCCC1. The van der Waals surface area contributed by atoms with E-state index in [4.69, 9.17) is 4.74 Å². The lowest BCUT2D eigenvalue weighted by Crippen LogP contribution is -2.41. The molecule has 0 aliphatic carbocycles. The van der Waals surface area contributed by atoms with Gasteiger partial charge in [-0.3, -0.25) is 0 Å². The van der Waals surface area contributed by atoms with Crippen molar-refractivity contribution in [2.24, 2.45) is 0 Å². The third-order valence-electron chi connectivity index (χ3n) is 3.49. The molecule has 2 heterocycles. The minimum absolute atomic E-state index is 0.0138. The first kappa shape index (κ1) is 16.7. The zero-order valence-electron chi connectivity index (χ0n) is 12.1. The lowest BCUT2D eigenvalue weighted by Gasteiger charge is -2.28. The van der Waals surface area contributed by atoms with Crippen LogP contribution in [0.25, 0.3) is 0 Å². The smallest absolute Gasteiger partial charge is 0.253 e. The normalized spacial score (nSPS) is 18.6. The highest BCUT2D eigenvalue weighted by atomic mass is 32.2. The van der Waals surface area contributed by atoms with Gasteiger partial charge < -0.3 is 14.7 Å². The maximum absolute atomic E-state index is 12.2. The number of thiophene rings is 1. The zero-order valence-corrected chi connectivity index (χ0v) is 13.8. The van der Waals surface area contributed by atoms with E-state index in [1.807, 2.05) is 0 Å². The Morgan fingerprint density at radius 1 is 1.43 bits per heavy atom. The quantitative estimate of drug-likeness (QED) is 0.774. The first-order valence-electron chi connectivity index (χ1n) is 7.04. The van der Waals surface area contributed by atoms with Gasteiger partial charge >= 0.3 is 0 Å². The molecule has 6 nitrogen and oxygen atoms in total. The Bertz CT molecular complexity index is 538. The molecule has 1 aliphatic heterocycles. The number of nitrogens with zero attached hydrogens (tertiary/aromatic N) is 1. The Kier molecular flexibility index (Phi) is 6.00. The van der Waals surface area contributed by atoms with Crippen molar-refractivity contribution in [1.29, 1.82) is 0 Å². The average Bonchev–Trinajstić information content (AvgIpc) is 2.96. The third kappa shape index (κ3) is 4.65. The van der Waals surface area contributed by atoms with Crippen LogP contribution in [0.15, 0.2) is 15.7 Å². The minimum Gasteiger partial charge on any atom is -0.494 e. The highest BCUT2D eigenvalue weighted by Crippen LogP contribution is 2.29. The maximum atomic E-state index is 12.2. The molecule has 21 heavy (non-hydrogen) atoms. The van der Waals surface area contributed by atoms with Crippen molar-refractivity contribution in [1.82, 2.24) is 9.62 Å². The van der Waals surface area contributed by atoms with Crippen LogP contribution in [0.2, 0.25) is 0 Å². The molecular formula is C13H22N2O4S2. The molecule has 2 N–H and O–H groups in total. The van der Waals surface area contributed by atoms with Crippen molar-refractivity contribution in [3.05, 3.63) is 11.4 Å². The summed E-state index contributed by atoms with van der Waals surface area (Å²) in [7, 11) is -2.19. The summed E-state index contributed by atoms with van der Waals surface area (Å²) in [6.07, 6.45) is 2.82. The van der Waals surface area contributed by atoms with Gasteiger partial charge in [-0.25, -0.2) is 13.1 Å². The molecule has 0 amide bonds. The van der Waals surface area contributed by atoms with Crippen LogP contribution in [0.3, 0.4) is 0 Å². The van der Waals surface area contributed by atoms with E-state index in [-0.39, 0.29) is 10.8 Å². The Hall–Kier alpha value is -0.670. The first-order valence-corrected chi connectivity index (χ1v) is 9.41. The van der Waals surface area contributed by atoms with Crippen LogP contribution in [-0.2, 0) is 10.0 Å². The molecule has 1 aromatic rings. The fourth-order valence-electron chi connectivity index (χ4n) is 2.41. The van der Waals surface area contributed by atoms with Gasteiger partial charge in [0.25, 0.3) is 10.0 Å². The Morgan fingerprint density at radius 2 is 2.14 bits per heavy atom. The van der Waals surface area contributed by atoms with E-state index in [0.717, 1.165) is 37.3 Å². The van der Waals surface area contributed by atoms with Crippen LogP contribution < -0.4 is 9.46 Å². The number of β-amino-alcohol motifs (C(OH)–C–C–N with tert-alkyl or cyclic N) is 1. The number of sulfonamides is 1. The van der Waals surface area contributed by atoms with Crippen LogP contribution >= 0.6 is 11.3 Å². The first-order chi connectivity index (χ1) is 10.0. The fraction of sp³-hybridized carbons (Fsp3) is 0.692. The maximum Gasteiger partial charge on any atom is 0.253 e. The second kappa shape index (κ2) is 7.55. The van der Waals surface area contributed by atoms with Gasteiger partial charge in [-0.15, -0.1) is 11.3 Å². The largest absolute Gasteiger partial charge is 0.494 e. The molecule has 1 aliphatic rings. The van der Waals surface area contributed by atoms with Crippen molar-refractivity contribution < 1.29 is 18.3 Å². The summed E-state index contributed by atoms with van der Waals surface area (Å²) in [5.41, 5.74) is 0. The van der Waals surface area contributed by atoms with E-state index in [2.05, 4.69) is 9.62 Å². The number of likely N-dealkylation sites (tertiary alicyclic amines) is 1. The van der Waals surface area contributed by atoms with Gasteiger partial charge in [-0.2, -0.15) is 0 Å². The highest BCUT2D eigenvalue weighted by molar-refractivity contribution is 7.91. The second-order valence-corrected chi connectivity index (χ2v) is 8.02. The number of aliphatic hydroxyl groups is 1. The molecule has 0 saturated carbocycles. The van der Waals surface area contributed by atoms with E-state index in [1.165, 1.54) is 13.5 Å². The highest BCUT2D eigenvalue weighted by Gasteiger charge is 2.22. The Morgan fingerprint density at radius 3 is 2.81 bits per heavy atom. The molecule has 1 aromatic heterocycles. The summed E-state index contributed by atoms with van der Waals surface area (Å²) < 4.78 is 31.9. The van der Waals surface area contributed by atoms with Crippen molar-refractivity contribution >= 4 is 21.4 Å². The average molecular weight is 334 g/mol. The van der Waals surface area contributed by atoms with Crippen LogP contribution in [0, 0.1) is 0 Å². The predicted molar refractivity (Wildman–Crippen MR) is 82.4 cm³/mol. The molecule has 1 atom stereocenters. The molecule has 1 fully saturated rings. The van der Waals surface area contributed by atoms with Gasteiger partial charge in [0.15, 0.2) is 4.21 Å². The molecule has 0 aromatic carbocycles. The summed E-state index contributed by atoms with van der Waals surface area (Å²) >= 11 is 1.10. The number of ether oxygens (including phenoxy) is 1. The standard InChI is InChI=1S/C13H22N2O4S2/c1-19-12-5-8-20-13(12)21(17,18)14-9-11(16)10-15-6-3-2-4-7-15/h5,8,11,14,16H,2-4,6-7,9-10H2,1H3/t11-/m1/s1. The molecule has 2 rings (SSSR count). The molecular weight excluding hydrogens is 312 g/mol. The van der Waals surface area contributed by atoms with E-state index in [9.17, 15) is 13.5 Å². The van der Waals surface area contributed by atoms with Gasteiger partial charge in [0, 0.05) is 13.1 Å². The van der Waals surface area contributed by atoms with E-state index < -0.39 is 16.1 Å². The van der Waals surface area contributed by atoms with Crippen LogP contribution in [-0.4, -0.2) is 57.8 Å². The van der Waals surface area contributed by atoms with Crippen LogP contribution in [0.4, 0.5) is 0 Å². The zero-order chi connectivity index (χ0) is 15.3. The minimum atomic E-state index is -3.63. The predicted octanol–water partition coefficient (Wildman–Crippen LogP) is 0.882. The lowest BCUT2D eigenvalue weighted by atomic mass is 10.1.